The third-order valence-electron chi connectivity index (χ3n) is 6.37. The number of ether oxygens (including phenoxy) is 2. The molecule has 2 aromatic rings. The third-order valence-corrected chi connectivity index (χ3v) is 8.35. The van der Waals surface area contributed by atoms with Crippen LogP contribution in [0.15, 0.2) is 41.3 Å². The molecule has 0 radical (unpaired) electrons. The molecule has 2 aromatic carbocycles. The van der Waals surface area contributed by atoms with E-state index >= 15 is 0 Å². The average molecular weight is 612 g/mol. The lowest BCUT2D eigenvalue weighted by molar-refractivity contribution is -0.121. The molecule has 2 heterocycles. The van der Waals surface area contributed by atoms with Crippen molar-refractivity contribution in [3.05, 3.63) is 63.1 Å². The van der Waals surface area contributed by atoms with E-state index in [0.717, 1.165) is 5.57 Å². The molecular weight excluding hydrogens is 579 g/mol. The largest absolute Gasteiger partial charge is 0.444 e. The number of carbonyl (C=O) groups is 2. The van der Waals surface area contributed by atoms with E-state index in [1.807, 2.05) is 6.08 Å². The first-order valence-corrected chi connectivity index (χ1v) is 15.1. The Morgan fingerprint density at radius 3 is 2.42 bits per heavy atom. The molecular formula is C28H32Cl2N2O7S. The first kappa shape index (κ1) is 30.3. The molecule has 2 aliphatic rings. The molecule has 0 bridgehead atoms. The summed E-state index contributed by atoms with van der Waals surface area (Å²) >= 11 is 13.2. The Morgan fingerprint density at radius 2 is 1.82 bits per heavy atom. The Hall–Kier alpha value is -2.63. The highest BCUT2D eigenvalue weighted by Gasteiger charge is 2.39. The van der Waals surface area contributed by atoms with Crippen molar-refractivity contribution >= 4 is 56.6 Å². The number of fused-ring (bicyclic) bond motifs is 1. The van der Waals surface area contributed by atoms with Crippen LogP contribution in [-0.4, -0.2) is 57.3 Å². The van der Waals surface area contributed by atoms with Crippen molar-refractivity contribution in [1.82, 2.24) is 4.90 Å². The Labute approximate surface area is 244 Å². The predicted octanol–water partition coefficient (Wildman–Crippen LogP) is 6.00. The molecule has 0 spiro atoms. The van der Waals surface area contributed by atoms with Gasteiger partial charge in [0.25, 0.3) is 16.0 Å². The molecule has 2 amide bonds. The smallest absolute Gasteiger partial charge is 0.411 e. The number of amides is 2. The van der Waals surface area contributed by atoms with Crippen molar-refractivity contribution in [2.45, 2.75) is 57.1 Å². The summed E-state index contributed by atoms with van der Waals surface area (Å²) < 4.78 is 40.9. The summed E-state index contributed by atoms with van der Waals surface area (Å²) in [5.74, 6) is -0.530. The van der Waals surface area contributed by atoms with Gasteiger partial charge in [-0.05, 0) is 81.5 Å². The van der Waals surface area contributed by atoms with Crippen LogP contribution in [0, 0.1) is 0 Å². The lowest BCUT2D eigenvalue weighted by Crippen LogP contribution is -2.47. The van der Waals surface area contributed by atoms with Crippen LogP contribution in [0.25, 0.3) is 5.57 Å². The molecule has 0 fully saturated rings. The number of halogens is 2. The van der Waals surface area contributed by atoms with Crippen LogP contribution in [0.2, 0.25) is 10.0 Å². The van der Waals surface area contributed by atoms with Crippen molar-refractivity contribution in [3.63, 3.8) is 0 Å². The second-order valence-electron chi connectivity index (χ2n) is 10.4. The molecule has 0 aliphatic carbocycles. The molecule has 4 rings (SSSR count). The maximum atomic E-state index is 13.8. The minimum absolute atomic E-state index is 0.00809. The molecule has 2 aliphatic heterocycles. The average Bonchev–Trinajstić information content (AvgIpc) is 2.86. The number of anilines is 1. The van der Waals surface area contributed by atoms with Crippen LogP contribution in [0.3, 0.4) is 0 Å². The highest BCUT2D eigenvalue weighted by Crippen LogP contribution is 2.38. The van der Waals surface area contributed by atoms with E-state index in [1.165, 1.54) is 23.1 Å². The van der Waals surface area contributed by atoms with Crippen molar-refractivity contribution < 1.29 is 31.7 Å². The van der Waals surface area contributed by atoms with E-state index in [0.29, 0.717) is 58.5 Å². The van der Waals surface area contributed by atoms with Gasteiger partial charge in [-0.25, -0.2) is 4.79 Å². The third kappa shape index (κ3) is 6.80. The number of nitrogens with one attached hydrogen (secondary N) is 1. The normalized spacial score (nSPS) is 17.6. The molecule has 1 unspecified atom stereocenters. The second-order valence-corrected chi connectivity index (χ2v) is 12.8. The first-order valence-electron chi connectivity index (χ1n) is 12.9. The molecule has 0 aromatic heterocycles. The Kier molecular flexibility index (Phi) is 9.16. The van der Waals surface area contributed by atoms with Crippen LogP contribution >= 0.6 is 23.2 Å². The van der Waals surface area contributed by atoms with Gasteiger partial charge in [0.05, 0.1) is 34.8 Å². The molecule has 40 heavy (non-hydrogen) atoms. The van der Waals surface area contributed by atoms with E-state index in [4.69, 9.17) is 36.9 Å². The lowest BCUT2D eigenvalue weighted by Gasteiger charge is -2.37. The van der Waals surface area contributed by atoms with E-state index in [1.54, 1.807) is 39.8 Å². The number of hydrogen-bond acceptors (Lipinski definition) is 7. The van der Waals surface area contributed by atoms with Gasteiger partial charge in [-0.15, -0.1) is 0 Å². The zero-order valence-corrected chi connectivity index (χ0v) is 25.1. The predicted molar refractivity (Wildman–Crippen MR) is 153 cm³/mol. The topological polar surface area (TPSA) is 111 Å². The minimum atomic E-state index is -3.95. The van der Waals surface area contributed by atoms with Crippen LogP contribution in [0.1, 0.15) is 56.8 Å². The van der Waals surface area contributed by atoms with Crippen LogP contribution in [0.5, 0.6) is 0 Å². The van der Waals surface area contributed by atoms with Crippen molar-refractivity contribution in [2.24, 2.45) is 0 Å². The minimum Gasteiger partial charge on any atom is -0.444 e. The van der Waals surface area contributed by atoms with Gasteiger partial charge in [-0.1, -0.05) is 35.3 Å². The number of rotatable bonds is 6. The van der Waals surface area contributed by atoms with E-state index < -0.39 is 33.8 Å². The summed E-state index contributed by atoms with van der Waals surface area (Å²) in [5, 5.41) is 3.57. The summed E-state index contributed by atoms with van der Waals surface area (Å²) in [6.45, 7) is 7.95. The van der Waals surface area contributed by atoms with E-state index in [2.05, 4.69) is 5.32 Å². The maximum absolute atomic E-state index is 13.8. The fourth-order valence-corrected chi connectivity index (χ4v) is 6.40. The molecule has 216 valence electrons. The quantitative estimate of drug-likeness (QED) is 0.399. The number of nitrogens with zero attached hydrogens (tertiary/aromatic N) is 1. The Morgan fingerprint density at radius 1 is 1.12 bits per heavy atom. The first-order chi connectivity index (χ1) is 18.8. The van der Waals surface area contributed by atoms with Crippen LogP contribution in [-0.2, 0) is 35.0 Å². The molecule has 9 nitrogen and oxygen atoms in total. The SMILES string of the molecule is CCOS(=O)(=O)c1ccc2c(c1)CCN(C(=O)OC(C)(C)C)C2C(=O)Nc1cc(Cl)c(C2=CCOCC2)c(Cl)c1. The second kappa shape index (κ2) is 12.1. The van der Waals surface area contributed by atoms with E-state index in [-0.39, 0.29) is 18.0 Å². The highest BCUT2D eigenvalue weighted by molar-refractivity contribution is 7.86. The van der Waals surface area contributed by atoms with Gasteiger partial charge in [0, 0.05) is 17.8 Å². The number of benzene rings is 2. The fraction of sp³-hybridized carbons (Fsp3) is 0.429. The van der Waals surface area contributed by atoms with Gasteiger partial charge in [-0.2, -0.15) is 8.42 Å². The van der Waals surface area contributed by atoms with E-state index in [9.17, 15) is 18.0 Å². The Bertz CT molecular complexity index is 1430. The highest BCUT2D eigenvalue weighted by atomic mass is 35.5. The molecule has 1 atom stereocenters. The summed E-state index contributed by atoms with van der Waals surface area (Å²) in [6, 6.07) is 6.50. The van der Waals surface area contributed by atoms with Gasteiger partial charge < -0.3 is 14.8 Å². The summed E-state index contributed by atoms with van der Waals surface area (Å²) in [4.78, 5) is 28.3. The van der Waals surface area contributed by atoms with Gasteiger partial charge in [-0.3, -0.25) is 13.9 Å². The standard InChI is InChI=1S/C28H32Cl2N2O7S/c1-5-38-40(35,36)20-6-7-21-18(14-20)8-11-32(27(34)39-28(2,3)4)25(21)26(33)31-19-15-22(29)24(23(30)16-19)17-9-12-37-13-10-17/h6-7,9,14-16,25H,5,8,10-13H2,1-4H3,(H,31,33). The Balaban J connectivity index is 1.69. The fourth-order valence-electron chi connectivity index (χ4n) is 4.70. The molecule has 1 N–H and O–H groups in total. The molecule has 12 heteroatoms. The molecule has 0 saturated carbocycles. The molecule has 0 saturated heterocycles. The van der Waals surface area contributed by atoms with Gasteiger partial charge in [0.15, 0.2) is 0 Å². The van der Waals surface area contributed by atoms with Crippen LogP contribution in [0.4, 0.5) is 10.5 Å². The maximum Gasteiger partial charge on any atom is 0.411 e. The zero-order valence-electron chi connectivity index (χ0n) is 22.8. The van der Waals surface area contributed by atoms with Crippen LogP contribution < -0.4 is 5.32 Å². The van der Waals surface area contributed by atoms with Crippen molar-refractivity contribution in [3.8, 4) is 0 Å². The summed E-state index contributed by atoms with van der Waals surface area (Å²) in [6.07, 6.45) is 2.24. The monoisotopic (exact) mass is 610 g/mol. The van der Waals surface area contributed by atoms with Gasteiger partial charge >= 0.3 is 6.09 Å². The van der Waals surface area contributed by atoms with Crippen molar-refractivity contribution in [1.29, 1.82) is 0 Å². The lowest BCUT2D eigenvalue weighted by atomic mass is 9.92. The van der Waals surface area contributed by atoms with Crippen molar-refractivity contribution in [2.75, 3.05) is 31.7 Å². The number of carbonyl (C=O) groups excluding carboxylic acids is 2. The van der Waals surface area contributed by atoms with Gasteiger partial charge in [0.2, 0.25) is 0 Å². The number of hydrogen-bond donors (Lipinski definition) is 1. The summed E-state index contributed by atoms with van der Waals surface area (Å²) in [5.41, 5.74) is 2.30. The summed E-state index contributed by atoms with van der Waals surface area (Å²) in [7, 11) is -3.95. The zero-order chi connectivity index (χ0) is 29.2. The van der Waals surface area contributed by atoms with Gasteiger partial charge in [0.1, 0.15) is 11.6 Å².